The predicted octanol–water partition coefficient (Wildman–Crippen LogP) is 5.26. The van der Waals surface area contributed by atoms with Crippen LogP contribution in [0.4, 0.5) is 4.39 Å². The van der Waals surface area contributed by atoms with Crippen molar-refractivity contribution >= 4 is 33.7 Å². The van der Waals surface area contributed by atoms with E-state index in [2.05, 4.69) is 16.6 Å². The average Bonchev–Trinajstić information content (AvgIpc) is 2.97. The van der Waals surface area contributed by atoms with Crippen LogP contribution in [0.25, 0.3) is 16.8 Å². The normalized spacial score (nSPS) is 12.0. The van der Waals surface area contributed by atoms with Crippen LogP contribution < -0.4 is 0 Å². The first-order chi connectivity index (χ1) is 10.1. The van der Waals surface area contributed by atoms with E-state index >= 15 is 0 Å². The molecule has 1 aromatic carbocycles. The highest BCUT2D eigenvalue weighted by atomic mass is 32.2. The van der Waals surface area contributed by atoms with Crippen LogP contribution in [-0.4, -0.2) is 16.3 Å². The average molecular weight is 318 g/mol. The number of aromatic nitrogens is 1. The molecule has 0 saturated carbocycles. The molecule has 0 aliphatic heterocycles. The fraction of sp³-hybridized carbons (Fsp3) is 0.125. The number of nitrogens with zero attached hydrogens (tertiary/aromatic N) is 2. The molecular weight excluding hydrogens is 303 g/mol. The van der Waals surface area contributed by atoms with Gasteiger partial charge in [0.25, 0.3) is 0 Å². The van der Waals surface area contributed by atoms with Gasteiger partial charge in [-0.25, -0.2) is 9.37 Å². The lowest BCUT2D eigenvalue weighted by Crippen LogP contribution is -1.84. The second kappa shape index (κ2) is 7.33. The van der Waals surface area contributed by atoms with Gasteiger partial charge in [0.05, 0.1) is 21.1 Å². The van der Waals surface area contributed by atoms with Crippen molar-refractivity contribution in [2.24, 2.45) is 4.99 Å². The lowest BCUT2D eigenvalue weighted by Gasteiger charge is -2.02. The van der Waals surface area contributed by atoms with Gasteiger partial charge in [-0.15, -0.1) is 23.1 Å². The molecule has 0 aliphatic carbocycles. The van der Waals surface area contributed by atoms with Gasteiger partial charge in [-0.3, -0.25) is 4.99 Å². The molecule has 0 unspecified atom stereocenters. The minimum Gasteiger partial charge on any atom is -0.255 e. The molecule has 108 valence electrons. The third-order valence-electron chi connectivity index (χ3n) is 2.80. The Bertz CT molecular complexity index is 685. The highest BCUT2D eigenvalue weighted by Gasteiger charge is 2.10. The Morgan fingerprint density at radius 3 is 2.76 bits per heavy atom. The quantitative estimate of drug-likeness (QED) is 0.436. The van der Waals surface area contributed by atoms with Crippen LogP contribution in [0.1, 0.15) is 11.8 Å². The van der Waals surface area contributed by atoms with Crippen molar-refractivity contribution in [1.29, 1.82) is 0 Å². The van der Waals surface area contributed by atoms with Crippen molar-refractivity contribution in [2.45, 2.75) is 6.92 Å². The molecule has 0 fully saturated rings. The molecule has 0 amide bonds. The zero-order chi connectivity index (χ0) is 15.2. The molecule has 1 heterocycles. The van der Waals surface area contributed by atoms with Crippen LogP contribution >= 0.6 is 23.1 Å². The second-order valence-corrected chi connectivity index (χ2v) is 6.08. The van der Waals surface area contributed by atoms with Crippen LogP contribution in [0, 0.1) is 5.82 Å². The maximum absolute atomic E-state index is 13.0. The highest BCUT2D eigenvalue weighted by molar-refractivity contribution is 8.13. The Balaban J connectivity index is 2.24. The van der Waals surface area contributed by atoms with E-state index in [0.29, 0.717) is 0 Å². The molecule has 0 saturated heterocycles. The number of hydrogen-bond acceptors (Lipinski definition) is 4. The third kappa shape index (κ3) is 4.12. The van der Waals surface area contributed by atoms with E-state index in [0.717, 1.165) is 26.8 Å². The highest BCUT2D eigenvalue weighted by Crippen LogP contribution is 2.31. The van der Waals surface area contributed by atoms with E-state index in [-0.39, 0.29) is 5.82 Å². The van der Waals surface area contributed by atoms with Gasteiger partial charge < -0.3 is 0 Å². The lowest BCUT2D eigenvalue weighted by molar-refractivity contribution is 0.628. The summed E-state index contributed by atoms with van der Waals surface area (Å²) < 4.78 is 13.0. The predicted molar refractivity (Wildman–Crippen MR) is 92.3 cm³/mol. The maximum atomic E-state index is 13.0. The second-order valence-electron chi connectivity index (χ2n) is 4.23. The molecule has 0 spiro atoms. The molecule has 0 atom stereocenters. The smallest absolute Gasteiger partial charge is 0.123 e. The summed E-state index contributed by atoms with van der Waals surface area (Å²) in [7, 11) is 0. The van der Waals surface area contributed by atoms with Crippen LogP contribution in [-0.2, 0) is 0 Å². The molecule has 2 rings (SSSR count). The van der Waals surface area contributed by atoms with Gasteiger partial charge in [0, 0.05) is 11.8 Å². The summed E-state index contributed by atoms with van der Waals surface area (Å²) in [6.07, 6.45) is 5.58. The maximum Gasteiger partial charge on any atom is 0.123 e. The minimum atomic E-state index is -0.254. The minimum absolute atomic E-state index is 0.254. The topological polar surface area (TPSA) is 25.2 Å². The number of halogens is 1. The van der Waals surface area contributed by atoms with E-state index in [1.54, 1.807) is 35.6 Å². The number of rotatable bonds is 4. The Labute approximate surface area is 132 Å². The van der Waals surface area contributed by atoms with Gasteiger partial charge in [0.15, 0.2) is 0 Å². The van der Waals surface area contributed by atoms with Crippen LogP contribution in [0.5, 0.6) is 0 Å². The van der Waals surface area contributed by atoms with E-state index in [9.17, 15) is 4.39 Å². The summed E-state index contributed by atoms with van der Waals surface area (Å²) in [5, 5.41) is 0.988. The Hall–Kier alpha value is -1.72. The van der Waals surface area contributed by atoms with E-state index in [1.165, 1.54) is 23.5 Å². The first-order valence-electron chi connectivity index (χ1n) is 6.25. The van der Waals surface area contributed by atoms with Crippen LogP contribution in [0.15, 0.2) is 53.6 Å². The number of thiazole rings is 1. The fourth-order valence-corrected chi connectivity index (χ4v) is 2.58. The van der Waals surface area contributed by atoms with E-state index in [4.69, 9.17) is 0 Å². The summed E-state index contributed by atoms with van der Waals surface area (Å²) in [6, 6.07) is 6.31. The zero-order valence-electron chi connectivity index (χ0n) is 11.8. The Morgan fingerprint density at radius 1 is 1.38 bits per heavy atom. The van der Waals surface area contributed by atoms with Crippen LogP contribution in [0.3, 0.4) is 0 Å². The molecule has 0 bridgehead atoms. The first-order valence-corrected chi connectivity index (χ1v) is 8.36. The van der Waals surface area contributed by atoms with Crippen LogP contribution in [0.2, 0.25) is 0 Å². The Morgan fingerprint density at radius 2 is 2.10 bits per heavy atom. The number of hydrogen-bond donors (Lipinski definition) is 0. The SMILES string of the molecule is C=C(/C=C\N=C(C)SC)c1scnc1-c1ccc(F)cc1. The summed E-state index contributed by atoms with van der Waals surface area (Å²) in [5.74, 6) is -0.254. The first kappa shape index (κ1) is 15.7. The van der Waals surface area contributed by atoms with E-state index < -0.39 is 0 Å². The third-order valence-corrected chi connectivity index (χ3v) is 4.40. The zero-order valence-corrected chi connectivity index (χ0v) is 13.5. The molecular formula is C16H15FN2S2. The number of aliphatic imine (C=N–C) groups is 1. The largest absolute Gasteiger partial charge is 0.255 e. The Kier molecular flexibility index (Phi) is 5.47. The fourth-order valence-electron chi connectivity index (χ4n) is 1.65. The number of allylic oxidation sites excluding steroid dienone is 2. The summed E-state index contributed by atoms with van der Waals surface area (Å²) in [4.78, 5) is 9.60. The van der Waals surface area contributed by atoms with Gasteiger partial charge in [0.2, 0.25) is 0 Å². The number of benzene rings is 1. The van der Waals surface area contributed by atoms with E-state index in [1.807, 2.05) is 19.3 Å². The van der Waals surface area contributed by atoms with Gasteiger partial charge in [-0.2, -0.15) is 0 Å². The van der Waals surface area contributed by atoms with Crippen molar-refractivity contribution in [3.05, 3.63) is 59.3 Å². The van der Waals surface area contributed by atoms with Crippen molar-refractivity contribution in [1.82, 2.24) is 4.98 Å². The van der Waals surface area contributed by atoms with Crippen molar-refractivity contribution in [3.8, 4) is 11.3 Å². The number of thioether (sulfide) groups is 1. The lowest BCUT2D eigenvalue weighted by atomic mass is 10.1. The standard InChI is InChI=1S/C16H15FN2S2/c1-11(8-9-18-12(2)20-3)16-15(19-10-21-16)13-4-6-14(17)7-5-13/h4-10H,1H2,2-3H3/b9-8-,18-12?. The molecule has 0 N–H and O–H groups in total. The summed E-state index contributed by atoms with van der Waals surface area (Å²) in [6.45, 7) is 6.01. The van der Waals surface area contributed by atoms with Gasteiger partial charge in [-0.05, 0) is 49.1 Å². The van der Waals surface area contributed by atoms with Gasteiger partial charge in [-0.1, -0.05) is 6.58 Å². The summed E-state index contributed by atoms with van der Waals surface area (Å²) >= 11 is 3.11. The van der Waals surface area contributed by atoms with Gasteiger partial charge >= 0.3 is 0 Å². The van der Waals surface area contributed by atoms with Crippen molar-refractivity contribution < 1.29 is 4.39 Å². The molecule has 1 aromatic heterocycles. The van der Waals surface area contributed by atoms with Crippen molar-refractivity contribution in [3.63, 3.8) is 0 Å². The molecule has 2 aromatic rings. The molecule has 0 radical (unpaired) electrons. The molecule has 5 heteroatoms. The molecule has 0 aliphatic rings. The molecule has 2 nitrogen and oxygen atoms in total. The van der Waals surface area contributed by atoms with Crippen molar-refractivity contribution in [2.75, 3.05) is 6.26 Å². The van der Waals surface area contributed by atoms with Gasteiger partial charge in [0.1, 0.15) is 5.82 Å². The summed E-state index contributed by atoms with van der Waals surface area (Å²) in [5.41, 5.74) is 4.31. The molecule has 21 heavy (non-hydrogen) atoms. The monoisotopic (exact) mass is 318 g/mol.